The van der Waals surface area contributed by atoms with Crippen molar-refractivity contribution in [3.8, 4) is 11.5 Å². The molecule has 6 heteroatoms. The zero-order valence-electron chi connectivity index (χ0n) is 14.6. The molecule has 0 bridgehead atoms. The molecule has 0 fully saturated rings. The highest BCUT2D eigenvalue weighted by Gasteiger charge is 2.11. The number of rotatable bonds is 7. The Kier molecular flexibility index (Phi) is 6.14. The first kappa shape index (κ1) is 19.0. The van der Waals surface area contributed by atoms with Crippen LogP contribution in [0.2, 0.25) is 5.02 Å². The van der Waals surface area contributed by atoms with Crippen LogP contribution in [0, 0.1) is 11.6 Å². The van der Waals surface area contributed by atoms with Crippen LogP contribution in [0.25, 0.3) is 0 Å². The standard InChI is InChI=1S/C21H18ClF2NO2/c1-26-20-4-2-3-15(12-25-17-9-10-19(24)18(22)11-17)21(20)27-13-14-5-7-16(23)8-6-14/h2-11,25H,12-13H2,1H3. The van der Waals surface area contributed by atoms with E-state index < -0.39 is 5.82 Å². The highest BCUT2D eigenvalue weighted by atomic mass is 35.5. The van der Waals surface area contributed by atoms with Crippen molar-refractivity contribution in [3.05, 3.63) is 88.4 Å². The van der Waals surface area contributed by atoms with E-state index in [0.29, 0.717) is 23.7 Å². The molecule has 0 radical (unpaired) electrons. The Morgan fingerprint density at radius 2 is 1.78 bits per heavy atom. The quantitative estimate of drug-likeness (QED) is 0.552. The van der Waals surface area contributed by atoms with Crippen molar-refractivity contribution >= 4 is 17.3 Å². The Morgan fingerprint density at radius 3 is 2.48 bits per heavy atom. The topological polar surface area (TPSA) is 30.5 Å². The van der Waals surface area contributed by atoms with Crippen molar-refractivity contribution in [3.63, 3.8) is 0 Å². The van der Waals surface area contributed by atoms with Gasteiger partial charge >= 0.3 is 0 Å². The first-order chi connectivity index (χ1) is 13.1. The summed E-state index contributed by atoms with van der Waals surface area (Å²) in [6, 6.07) is 16.1. The Labute approximate surface area is 161 Å². The summed E-state index contributed by atoms with van der Waals surface area (Å²) in [4.78, 5) is 0. The molecule has 3 aromatic carbocycles. The lowest BCUT2D eigenvalue weighted by atomic mass is 10.1. The average Bonchev–Trinajstić information content (AvgIpc) is 2.68. The minimum atomic E-state index is -0.466. The van der Waals surface area contributed by atoms with Gasteiger partial charge in [0.15, 0.2) is 11.5 Å². The van der Waals surface area contributed by atoms with Gasteiger partial charge in [0.05, 0.1) is 12.1 Å². The van der Waals surface area contributed by atoms with Crippen molar-refractivity contribution < 1.29 is 18.3 Å². The number of methoxy groups -OCH3 is 1. The van der Waals surface area contributed by atoms with Gasteiger partial charge < -0.3 is 14.8 Å². The van der Waals surface area contributed by atoms with Crippen LogP contribution in [0.1, 0.15) is 11.1 Å². The minimum Gasteiger partial charge on any atom is -0.493 e. The van der Waals surface area contributed by atoms with Gasteiger partial charge in [-0.2, -0.15) is 0 Å². The van der Waals surface area contributed by atoms with Crippen LogP contribution >= 0.6 is 11.6 Å². The number of anilines is 1. The zero-order valence-corrected chi connectivity index (χ0v) is 15.4. The molecule has 3 nitrogen and oxygen atoms in total. The van der Waals surface area contributed by atoms with E-state index >= 15 is 0 Å². The van der Waals surface area contributed by atoms with Crippen molar-refractivity contribution in [2.75, 3.05) is 12.4 Å². The summed E-state index contributed by atoms with van der Waals surface area (Å²) in [7, 11) is 1.57. The molecule has 140 valence electrons. The number of ether oxygens (including phenoxy) is 2. The molecular formula is C21H18ClF2NO2. The Bertz CT molecular complexity index is 917. The van der Waals surface area contributed by atoms with E-state index in [2.05, 4.69) is 5.32 Å². The zero-order chi connectivity index (χ0) is 19.2. The fourth-order valence-electron chi connectivity index (χ4n) is 2.56. The Hall–Kier alpha value is -2.79. The molecule has 0 amide bonds. The molecule has 0 unspecified atom stereocenters. The van der Waals surface area contributed by atoms with Crippen LogP contribution in [-0.4, -0.2) is 7.11 Å². The second-order valence-electron chi connectivity index (χ2n) is 5.85. The van der Waals surface area contributed by atoms with Crippen molar-refractivity contribution in [2.24, 2.45) is 0 Å². The molecule has 0 heterocycles. The fraction of sp³-hybridized carbons (Fsp3) is 0.143. The average molecular weight is 390 g/mol. The lowest BCUT2D eigenvalue weighted by molar-refractivity contribution is 0.281. The summed E-state index contributed by atoms with van der Waals surface area (Å²) in [5.74, 6) is 0.421. The molecular weight excluding hydrogens is 372 g/mol. The summed E-state index contributed by atoms with van der Waals surface area (Å²) in [6.07, 6.45) is 0. The first-order valence-electron chi connectivity index (χ1n) is 8.29. The van der Waals surface area contributed by atoms with Crippen LogP contribution in [0.5, 0.6) is 11.5 Å². The molecule has 27 heavy (non-hydrogen) atoms. The smallest absolute Gasteiger partial charge is 0.166 e. The van der Waals surface area contributed by atoms with Crippen molar-refractivity contribution in [2.45, 2.75) is 13.2 Å². The van der Waals surface area contributed by atoms with Gasteiger partial charge in [0.1, 0.15) is 18.2 Å². The van der Waals surface area contributed by atoms with Crippen molar-refractivity contribution in [1.82, 2.24) is 0 Å². The molecule has 0 spiro atoms. The van der Waals surface area contributed by atoms with Gasteiger partial charge in [-0.1, -0.05) is 35.9 Å². The van der Waals surface area contributed by atoms with Crippen LogP contribution in [0.15, 0.2) is 60.7 Å². The van der Waals surface area contributed by atoms with Gasteiger partial charge in [0, 0.05) is 17.8 Å². The molecule has 0 aliphatic rings. The number of para-hydroxylation sites is 1. The molecule has 0 saturated heterocycles. The van der Waals surface area contributed by atoms with E-state index in [0.717, 1.165) is 11.1 Å². The van der Waals surface area contributed by atoms with E-state index in [9.17, 15) is 8.78 Å². The lowest BCUT2D eigenvalue weighted by Crippen LogP contribution is -2.05. The van der Waals surface area contributed by atoms with E-state index in [4.69, 9.17) is 21.1 Å². The molecule has 0 aliphatic carbocycles. The molecule has 0 saturated carbocycles. The highest BCUT2D eigenvalue weighted by Crippen LogP contribution is 2.32. The Balaban J connectivity index is 1.76. The maximum atomic E-state index is 13.3. The van der Waals surface area contributed by atoms with Gasteiger partial charge in [-0.25, -0.2) is 8.78 Å². The number of hydrogen-bond donors (Lipinski definition) is 1. The van der Waals surface area contributed by atoms with Gasteiger partial charge in [-0.3, -0.25) is 0 Å². The van der Waals surface area contributed by atoms with E-state index in [1.165, 1.54) is 24.3 Å². The van der Waals surface area contributed by atoms with E-state index in [1.807, 2.05) is 12.1 Å². The molecule has 0 atom stereocenters. The van der Waals surface area contributed by atoms with Crippen LogP contribution in [-0.2, 0) is 13.2 Å². The third-order valence-corrected chi connectivity index (χ3v) is 4.27. The summed E-state index contributed by atoms with van der Waals surface area (Å²) in [6.45, 7) is 0.702. The normalized spacial score (nSPS) is 10.5. The third kappa shape index (κ3) is 4.89. The predicted octanol–water partition coefficient (Wildman–Crippen LogP) is 5.82. The summed E-state index contributed by atoms with van der Waals surface area (Å²) >= 11 is 5.82. The van der Waals surface area contributed by atoms with Crippen molar-refractivity contribution in [1.29, 1.82) is 0 Å². The van der Waals surface area contributed by atoms with Crippen LogP contribution < -0.4 is 14.8 Å². The number of hydrogen-bond acceptors (Lipinski definition) is 3. The first-order valence-corrected chi connectivity index (χ1v) is 8.66. The van der Waals surface area contributed by atoms with Gasteiger partial charge in [-0.05, 0) is 42.0 Å². The molecule has 0 aliphatic heterocycles. The molecule has 0 aromatic heterocycles. The number of halogens is 3. The summed E-state index contributed by atoms with van der Waals surface area (Å²) in [5, 5.41) is 3.24. The maximum Gasteiger partial charge on any atom is 0.166 e. The monoisotopic (exact) mass is 389 g/mol. The van der Waals surface area contributed by atoms with Gasteiger partial charge in [-0.15, -0.1) is 0 Å². The number of benzene rings is 3. The predicted molar refractivity (Wildman–Crippen MR) is 102 cm³/mol. The summed E-state index contributed by atoms with van der Waals surface area (Å²) in [5.41, 5.74) is 2.39. The second kappa shape index (κ2) is 8.73. The minimum absolute atomic E-state index is 0.0541. The van der Waals surface area contributed by atoms with E-state index in [-0.39, 0.29) is 17.4 Å². The largest absolute Gasteiger partial charge is 0.493 e. The fourth-order valence-corrected chi connectivity index (χ4v) is 2.75. The van der Waals surface area contributed by atoms with Crippen LogP contribution in [0.4, 0.5) is 14.5 Å². The third-order valence-electron chi connectivity index (χ3n) is 3.98. The lowest BCUT2D eigenvalue weighted by Gasteiger charge is -2.16. The van der Waals surface area contributed by atoms with Crippen LogP contribution in [0.3, 0.4) is 0 Å². The Morgan fingerprint density at radius 1 is 1.00 bits per heavy atom. The molecule has 1 N–H and O–H groups in total. The second-order valence-corrected chi connectivity index (χ2v) is 6.25. The number of nitrogens with one attached hydrogen (secondary N) is 1. The SMILES string of the molecule is COc1cccc(CNc2ccc(F)c(Cl)c2)c1OCc1ccc(F)cc1. The highest BCUT2D eigenvalue weighted by molar-refractivity contribution is 6.31. The summed E-state index contributed by atoms with van der Waals surface area (Å²) < 4.78 is 37.7. The van der Waals surface area contributed by atoms with Gasteiger partial charge in [0.25, 0.3) is 0 Å². The molecule has 3 rings (SSSR count). The maximum absolute atomic E-state index is 13.3. The van der Waals surface area contributed by atoms with E-state index in [1.54, 1.807) is 31.4 Å². The van der Waals surface area contributed by atoms with Gasteiger partial charge in [0.2, 0.25) is 0 Å². The molecule has 3 aromatic rings.